The summed E-state index contributed by atoms with van der Waals surface area (Å²) in [5.74, 6) is -0.321. The van der Waals surface area contributed by atoms with Crippen LogP contribution >= 0.6 is 11.8 Å². The van der Waals surface area contributed by atoms with E-state index in [0.717, 1.165) is 25.0 Å². The summed E-state index contributed by atoms with van der Waals surface area (Å²) in [6, 6.07) is 5.77. The Kier molecular flexibility index (Phi) is 4.94. The molecule has 3 rings (SSSR count). The van der Waals surface area contributed by atoms with E-state index in [9.17, 15) is 19.5 Å². The molecule has 5 nitrogen and oxygen atoms in total. The van der Waals surface area contributed by atoms with Crippen LogP contribution < -0.4 is 5.32 Å². The van der Waals surface area contributed by atoms with Gasteiger partial charge >= 0.3 is 5.97 Å². The first-order valence-corrected chi connectivity index (χ1v) is 9.43. The Morgan fingerprint density at radius 2 is 1.96 bits per heavy atom. The largest absolute Gasteiger partial charge is 0.479 e. The standard InChI is InChI=1S/C18H21NO4S/c20-15(14-5-4-12-2-1-3-13(12)10-14)6-7-16(21)19-18(17(22)23)8-9-24-11-18/h4-5,10H,1-3,6-9,11H2,(H,19,21)(H,22,23). The Hall–Kier alpha value is -1.82. The van der Waals surface area contributed by atoms with Gasteiger partial charge in [0.05, 0.1) is 0 Å². The molecule has 1 aromatic rings. The van der Waals surface area contributed by atoms with Crippen molar-refractivity contribution in [2.75, 3.05) is 11.5 Å². The summed E-state index contributed by atoms with van der Waals surface area (Å²) >= 11 is 1.52. The van der Waals surface area contributed by atoms with Crippen LogP contribution in [0.25, 0.3) is 0 Å². The highest BCUT2D eigenvalue weighted by molar-refractivity contribution is 7.99. The van der Waals surface area contributed by atoms with Gasteiger partial charge in [-0.05, 0) is 48.6 Å². The molecule has 1 fully saturated rings. The number of ketones is 1. The van der Waals surface area contributed by atoms with Crippen molar-refractivity contribution in [1.82, 2.24) is 5.32 Å². The van der Waals surface area contributed by atoms with E-state index in [1.807, 2.05) is 18.2 Å². The number of Topliss-reactive ketones (excluding diaryl/α,β-unsaturated/α-hetero) is 1. The van der Waals surface area contributed by atoms with Gasteiger partial charge in [-0.1, -0.05) is 12.1 Å². The second-order valence-electron chi connectivity index (χ2n) is 6.50. The fourth-order valence-electron chi connectivity index (χ4n) is 3.33. The lowest BCUT2D eigenvalue weighted by Crippen LogP contribution is -2.54. The highest BCUT2D eigenvalue weighted by atomic mass is 32.2. The Morgan fingerprint density at radius 3 is 2.67 bits per heavy atom. The molecule has 0 aromatic heterocycles. The SMILES string of the molecule is O=C(CCC(=O)c1ccc2c(c1)CCC2)NC1(C(=O)O)CCSC1. The van der Waals surface area contributed by atoms with E-state index in [2.05, 4.69) is 5.32 Å². The van der Waals surface area contributed by atoms with E-state index >= 15 is 0 Å². The van der Waals surface area contributed by atoms with Crippen molar-refractivity contribution in [3.63, 3.8) is 0 Å². The number of carbonyl (C=O) groups is 3. The van der Waals surface area contributed by atoms with Crippen LogP contribution in [0.2, 0.25) is 0 Å². The van der Waals surface area contributed by atoms with Crippen molar-refractivity contribution in [3.8, 4) is 0 Å². The molecule has 1 aromatic carbocycles. The van der Waals surface area contributed by atoms with E-state index in [0.29, 0.717) is 17.7 Å². The van der Waals surface area contributed by atoms with Gasteiger partial charge in [-0.2, -0.15) is 11.8 Å². The lowest BCUT2D eigenvalue weighted by Gasteiger charge is -2.24. The quantitative estimate of drug-likeness (QED) is 0.771. The molecule has 0 bridgehead atoms. The molecule has 0 saturated carbocycles. The zero-order valence-corrected chi connectivity index (χ0v) is 14.3. The molecule has 1 unspecified atom stereocenters. The van der Waals surface area contributed by atoms with Crippen molar-refractivity contribution in [2.45, 2.75) is 44.1 Å². The molecule has 1 amide bonds. The summed E-state index contributed by atoms with van der Waals surface area (Å²) in [5.41, 5.74) is 2.02. The van der Waals surface area contributed by atoms with Gasteiger partial charge in [0.2, 0.25) is 5.91 Å². The van der Waals surface area contributed by atoms with Crippen molar-refractivity contribution in [2.24, 2.45) is 0 Å². The number of fused-ring (bicyclic) bond motifs is 1. The van der Waals surface area contributed by atoms with Crippen molar-refractivity contribution < 1.29 is 19.5 Å². The van der Waals surface area contributed by atoms with Crippen molar-refractivity contribution >= 4 is 29.4 Å². The summed E-state index contributed by atoms with van der Waals surface area (Å²) < 4.78 is 0. The lowest BCUT2D eigenvalue weighted by molar-refractivity contribution is -0.146. The summed E-state index contributed by atoms with van der Waals surface area (Å²) in [4.78, 5) is 35.8. The minimum absolute atomic E-state index is 0.0234. The number of carboxylic acid groups (broad SMARTS) is 1. The number of rotatable bonds is 6. The third kappa shape index (κ3) is 3.48. The van der Waals surface area contributed by atoms with E-state index in [-0.39, 0.29) is 24.5 Å². The van der Waals surface area contributed by atoms with Gasteiger partial charge in [-0.25, -0.2) is 4.79 Å². The fourth-order valence-corrected chi connectivity index (χ4v) is 4.66. The molecule has 1 heterocycles. The monoisotopic (exact) mass is 347 g/mol. The average Bonchev–Trinajstić information content (AvgIpc) is 3.21. The van der Waals surface area contributed by atoms with Gasteiger partial charge < -0.3 is 10.4 Å². The molecule has 1 aliphatic heterocycles. The molecule has 2 N–H and O–H groups in total. The third-order valence-electron chi connectivity index (χ3n) is 4.81. The van der Waals surface area contributed by atoms with Crippen LogP contribution in [0.3, 0.4) is 0 Å². The molecule has 2 aliphatic rings. The molecule has 24 heavy (non-hydrogen) atoms. The Labute approximate surface area is 145 Å². The average molecular weight is 347 g/mol. The highest BCUT2D eigenvalue weighted by Crippen LogP contribution is 2.28. The smallest absolute Gasteiger partial charge is 0.330 e. The Morgan fingerprint density at radius 1 is 1.17 bits per heavy atom. The van der Waals surface area contributed by atoms with Gasteiger partial charge in [0.1, 0.15) is 5.54 Å². The second-order valence-corrected chi connectivity index (χ2v) is 7.60. The van der Waals surface area contributed by atoms with E-state index in [1.165, 1.54) is 22.9 Å². The van der Waals surface area contributed by atoms with Gasteiger partial charge in [-0.15, -0.1) is 0 Å². The van der Waals surface area contributed by atoms with Gasteiger partial charge in [0, 0.05) is 24.2 Å². The predicted octanol–water partition coefficient (Wildman–Crippen LogP) is 2.21. The summed E-state index contributed by atoms with van der Waals surface area (Å²) in [6.45, 7) is 0. The Balaban J connectivity index is 1.56. The fraction of sp³-hybridized carbons (Fsp3) is 0.500. The molecule has 6 heteroatoms. The number of carbonyl (C=O) groups excluding carboxylic acids is 2. The highest BCUT2D eigenvalue weighted by Gasteiger charge is 2.43. The molecule has 1 saturated heterocycles. The maximum absolute atomic E-state index is 12.3. The summed E-state index contributed by atoms with van der Waals surface area (Å²) in [5, 5.41) is 12.0. The molecule has 1 atom stereocenters. The number of nitrogens with one attached hydrogen (secondary N) is 1. The van der Waals surface area contributed by atoms with Crippen LogP contribution in [0.15, 0.2) is 18.2 Å². The zero-order chi connectivity index (χ0) is 17.2. The van der Waals surface area contributed by atoms with Crippen LogP contribution in [-0.2, 0) is 22.4 Å². The zero-order valence-electron chi connectivity index (χ0n) is 13.5. The molecule has 128 valence electrons. The lowest BCUT2D eigenvalue weighted by atomic mass is 9.98. The number of hydrogen-bond donors (Lipinski definition) is 2. The number of amides is 1. The molecule has 1 aliphatic carbocycles. The van der Waals surface area contributed by atoms with Crippen LogP contribution in [0.5, 0.6) is 0 Å². The van der Waals surface area contributed by atoms with Crippen LogP contribution in [-0.4, -0.2) is 39.8 Å². The maximum Gasteiger partial charge on any atom is 0.330 e. The van der Waals surface area contributed by atoms with Gasteiger partial charge in [0.15, 0.2) is 5.78 Å². The number of aliphatic carboxylic acids is 1. The van der Waals surface area contributed by atoms with E-state index in [1.54, 1.807) is 0 Å². The van der Waals surface area contributed by atoms with E-state index in [4.69, 9.17) is 0 Å². The first kappa shape index (κ1) is 17.0. The van der Waals surface area contributed by atoms with Crippen molar-refractivity contribution in [1.29, 1.82) is 0 Å². The summed E-state index contributed by atoms with van der Waals surface area (Å²) in [6.07, 6.45) is 3.77. The van der Waals surface area contributed by atoms with Crippen LogP contribution in [0.4, 0.5) is 0 Å². The minimum Gasteiger partial charge on any atom is -0.479 e. The normalized spacial score (nSPS) is 22.2. The van der Waals surface area contributed by atoms with Gasteiger partial charge in [0.25, 0.3) is 0 Å². The first-order valence-electron chi connectivity index (χ1n) is 8.27. The first-order chi connectivity index (χ1) is 11.5. The minimum atomic E-state index is -1.17. The number of aryl methyl sites for hydroxylation is 2. The van der Waals surface area contributed by atoms with E-state index < -0.39 is 11.5 Å². The molecule has 0 spiro atoms. The maximum atomic E-state index is 12.3. The van der Waals surface area contributed by atoms with Gasteiger partial charge in [-0.3, -0.25) is 9.59 Å². The van der Waals surface area contributed by atoms with Crippen LogP contribution in [0, 0.1) is 0 Å². The topological polar surface area (TPSA) is 83.5 Å². The predicted molar refractivity (Wildman–Crippen MR) is 92.5 cm³/mol. The third-order valence-corrected chi connectivity index (χ3v) is 6.00. The number of hydrogen-bond acceptors (Lipinski definition) is 4. The Bertz CT molecular complexity index is 680. The number of benzene rings is 1. The molecular weight excluding hydrogens is 326 g/mol. The molecular formula is C18H21NO4S. The number of carboxylic acids is 1. The van der Waals surface area contributed by atoms with Crippen molar-refractivity contribution in [3.05, 3.63) is 34.9 Å². The summed E-state index contributed by atoms with van der Waals surface area (Å²) in [7, 11) is 0. The molecule has 0 radical (unpaired) electrons. The van der Waals surface area contributed by atoms with Crippen LogP contribution in [0.1, 0.15) is 47.2 Å². The second kappa shape index (κ2) is 6.97. The number of thioether (sulfide) groups is 1.